The minimum Gasteiger partial charge on any atom is -0.364 e. The molecule has 1 amide bonds. The van der Waals surface area contributed by atoms with Gasteiger partial charge in [0.1, 0.15) is 11.6 Å². The standard InChI is InChI=1S/C22H21N3O2S2/c26-21(14-27-13-20-23-16-7-1-3-9-18(16)28-20)25-11-5-6-15(12-25)22-24-17-8-2-4-10-19(17)29-22/h1-4,7-10,15H,5-6,11-14H2. The molecule has 148 valence electrons. The van der Waals surface area contributed by atoms with Crippen LogP contribution in [0.5, 0.6) is 0 Å². The van der Waals surface area contributed by atoms with E-state index in [2.05, 4.69) is 23.2 Å². The van der Waals surface area contributed by atoms with Gasteiger partial charge in [0.25, 0.3) is 0 Å². The molecule has 0 aliphatic carbocycles. The number of fused-ring (bicyclic) bond motifs is 2. The van der Waals surface area contributed by atoms with Gasteiger partial charge in [-0.15, -0.1) is 22.7 Å². The van der Waals surface area contributed by atoms with Crippen molar-refractivity contribution in [2.24, 2.45) is 0 Å². The van der Waals surface area contributed by atoms with Crippen molar-refractivity contribution >= 4 is 49.0 Å². The van der Waals surface area contributed by atoms with E-state index in [9.17, 15) is 4.79 Å². The van der Waals surface area contributed by atoms with E-state index in [4.69, 9.17) is 9.72 Å². The van der Waals surface area contributed by atoms with Gasteiger partial charge in [0, 0.05) is 19.0 Å². The number of hydrogen-bond acceptors (Lipinski definition) is 6. The van der Waals surface area contributed by atoms with Gasteiger partial charge in [-0.1, -0.05) is 24.3 Å². The Hall–Kier alpha value is -2.35. The van der Waals surface area contributed by atoms with Crippen LogP contribution in [0.1, 0.15) is 28.8 Å². The zero-order chi connectivity index (χ0) is 19.6. The lowest BCUT2D eigenvalue weighted by Crippen LogP contribution is -2.41. The highest BCUT2D eigenvalue weighted by Crippen LogP contribution is 2.33. The van der Waals surface area contributed by atoms with E-state index in [0.717, 1.165) is 51.7 Å². The topological polar surface area (TPSA) is 55.3 Å². The number of hydrogen-bond donors (Lipinski definition) is 0. The molecule has 0 spiro atoms. The third-order valence-electron chi connectivity index (χ3n) is 5.22. The van der Waals surface area contributed by atoms with Crippen LogP contribution in [0.3, 0.4) is 0 Å². The van der Waals surface area contributed by atoms with Crippen LogP contribution in [0.4, 0.5) is 0 Å². The third-order valence-corrected chi connectivity index (χ3v) is 7.43. The molecule has 1 saturated heterocycles. The van der Waals surface area contributed by atoms with Gasteiger partial charge in [-0.25, -0.2) is 9.97 Å². The first kappa shape index (κ1) is 18.7. The molecule has 1 atom stereocenters. The average Bonchev–Trinajstić information content (AvgIpc) is 3.37. The zero-order valence-corrected chi connectivity index (χ0v) is 17.5. The molecule has 5 nitrogen and oxygen atoms in total. The highest BCUT2D eigenvalue weighted by Gasteiger charge is 2.27. The number of aromatic nitrogens is 2. The van der Waals surface area contributed by atoms with Crippen molar-refractivity contribution in [2.75, 3.05) is 19.7 Å². The molecule has 1 fully saturated rings. The van der Waals surface area contributed by atoms with Crippen molar-refractivity contribution in [1.29, 1.82) is 0 Å². The minimum absolute atomic E-state index is 0.0527. The number of amides is 1. The Morgan fingerprint density at radius 3 is 2.52 bits per heavy atom. The number of ether oxygens (including phenoxy) is 1. The number of carbonyl (C=O) groups is 1. The van der Waals surface area contributed by atoms with E-state index in [1.807, 2.05) is 35.2 Å². The second kappa shape index (κ2) is 8.18. The summed E-state index contributed by atoms with van der Waals surface area (Å²) in [5.41, 5.74) is 2.03. The number of thiazole rings is 2. The normalized spacial score (nSPS) is 17.2. The predicted molar refractivity (Wildman–Crippen MR) is 117 cm³/mol. The van der Waals surface area contributed by atoms with Crippen LogP contribution in [0.15, 0.2) is 48.5 Å². The maximum atomic E-state index is 12.7. The Labute approximate surface area is 177 Å². The Kier molecular flexibility index (Phi) is 5.26. The third kappa shape index (κ3) is 4.03. The molecule has 2 aromatic carbocycles. The minimum atomic E-state index is 0.0527. The van der Waals surface area contributed by atoms with Crippen molar-refractivity contribution in [2.45, 2.75) is 25.4 Å². The van der Waals surface area contributed by atoms with E-state index < -0.39 is 0 Å². The van der Waals surface area contributed by atoms with Crippen LogP contribution in [0, 0.1) is 0 Å². The molecule has 7 heteroatoms. The Bertz CT molecular complexity index is 1090. The number of piperidine rings is 1. The number of likely N-dealkylation sites (tertiary alicyclic amines) is 1. The molecule has 0 saturated carbocycles. The molecule has 3 heterocycles. The SMILES string of the molecule is O=C(COCc1nc2ccccc2s1)N1CCCC(c2nc3ccccc3s2)C1. The molecule has 1 aliphatic rings. The van der Waals surface area contributed by atoms with Crippen molar-refractivity contribution in [3.05, 3.63) is 58.5 Å². The van der Waals surface area contributed by atoms with E-state index >= 15 is 0 Å². The zero-order valence-electron chi connectivity index (χ0n) is 15.9. The number of benzene rings is 2. The predicted octanol–water partition coefficient (Wildman–Crippen LogP) is 4.83. The molecule has 1 aliphatic heterocycles. The highest BCUT2D eigenvalue weighted by molar-refractivity contribution is 7.18. The lowest BCUT2D eigenvalue weighted by molar-refractivity contribution is -0.137. The summed E-state index contributed by atoms with van der Waals surface area (Å²) < 4.78 is 8.06. The van der Waals surface area contributed by atoms with E-state index in [1.165, 1.54) is 4.70 Å². The van der Waals surface area contributed by atoms with Crippen molar-refractivity contribution in [1.82, 2.24) is 14.9 Å². The maximum Gasteiger partial charge on any atom is 0.248 e. The van der Waals surface area contributed by atoms with Gasteiger partial charge in [-0.05, 0) is 37.1 Å². The maximum absolute atomic E-state index is 12.7. The fraction of sp³-hybridized carbons (Fsp3) is 0.318. The van der Waals surface area contributed by atoms with Crippen LogP contribution in [0.2, 0.25) is 0 Å². The molecule has 0 radical (unpaired) electrons. The van der Waals surface area contributed by atoms with Gasteiger partial charge in [0.2, 0.25) is 5.91 Å². The summed E-state index contributed by atoms with van der Waals surface area (Å²) in [6, 6.07) is 16.3. The molecular formula is C22H21N3O2S2. The summed E-state index contributed by atoms with van der Waals surface area (Å²) in [7, 11) is 0. The summed E-state index contributed by atoms with van der Waals surface area (Å²) >= 11 is 3.36. The van der Waals surface area contributed by atoms with E-state index in [0.29, 0.717) is 12.5 Å². The number of nitrogens with zero attached hydrogens (tertiary/aromatic N) is 3. The van der Waals surface area contributed by atoms with Gasteiger partial charge in [-0.3, -0.25) is 4.79 Å². The Morgan fingerprint density at radius 1 is 1.03 bits per heavy atom. The van der Waals surface area contributed by atoms with E-state index in [-0.39, 0.29) is 12.5 Å². The quantitative estimate of drug-likeness (QED) is 0.461. The molecule has 2 aromatic heterocycles. The van der Waals surface area contributed by atoms with Gasteiger partial charge < -0.3 is 9.64 Å². The van der Waals surface area contributed by atoms with E-state index in [1.54, 1.807) is 22.7 Å². The summed E-state index contributed by atoms with van der Waals surface area (Å²) in [4.78, 5) is 24.0. The number of carbonyl (C=O) groups excluding carboxylic acids is 1. The summed E-state index contributed by atoms with van der Waals surface area (Å²) in [6.45, 7) is 2.00. The first-order valence-electron chi connectivity index (χ1n) is 9.82. The van der Waals surface area contributed by atoms with Gasteiger partial charge in [-0.2, -0.15) is 0 Å². The first-order chi connectivity index (χ1) is 14.3. The molecular weight excluding hydrogens is 402 g/mol. The largest absolute Gasteiger partial charge is 0.364 e. The van der Waals surface area contributed by atoms with Gasteiger partial charge in [0.15, 0.2) is 0 Å². The number of rotatable bonds is 5. The van der Waals surface area contributed by atoms with Crippen molar-refractivity contribution in [3.63, 3.8) is 0 Å². The van der Waals surface area contributed by atoms with Crippen LogP contribution in [0.25, 0.3) is 20.4 Å². The average molecular weight is 424 g/mol. The van der Waals surface area contributed by atoms with Crippen LogP contribution < -0.4 is 0 Å². The Balaban J connectivity index is 1.18. The molecule has 29 heavy (non-hydrogen) atoms. The van der Waals surface area contributed by atoms with Crippen molar-refractivity contribution in [3.8, 4) is 0 Å². The Morgan fingerprint density at radius 2 is 1.76 bits per heavy atom. The smallest absolute Gasteiger partial charge is 0.248 e. The lowest BCUT2D eigenvalue weighted by atomic mass is 9.99. The van der Waals surface area contributed by atoms with Gasteiger partial charge in [0.05, 0.1) is 32.0 Å². The second-order valence-electron chi connectivity index (χ2n) is 7.27. The second-order valence-corrected chi connectivity index (χ2v) is 9.44. The summed E-state index contributed by atoms with van der Waals surface area (Å²) in [5, 5.41) is 2.05. The summed E-state index contributed by atoms with van der Waals surface area (Å²) in [5.74, 6) is 0.367. The first-order valence-corrected chi connectivity index (χ1v) is 11.4. The molecule has 1 unspecified atom stereocenters. The fourth-order valence-corrected chi connectivity index (χ4v) is 5.77. The molecule has 5 rings (SSSR count). The van der Waals surface area contributed by atoms with Crippen LogP contribution in [-0.2, 0) is 16.1 Å². The molecule has 0 bridgehead atoms. The monoisotopic (exact) mass is 423 g/mol. The van der Waals surface area contributed by atoms with Crippen LogP contribution in [-0.4, -0.2) is 40.5 Å². The lowest BCUT2D eigenvalue weighted by Gasteiger charge is -2.31. The molecule has 4 aromatic rings. The number of para-hydroxylation sites is 2. The van der Waals surface area contributed by atoms with Crippen molar-refractivity contribution < 1.29 is 9.53 Å². The molecule has 0 N–H and O–H groups in total. The highest BCUT2D eigenvalue weighted by atomic mass is 32.1. The van der Waals surface area contributed by atoms with Gasteiger partial charge >= 0.3 is 0 Å². The summed E-state index contributed by atoms with van der Waals surface area (Å²) in [6.07, 6.45) is 2.08. The fourth-order valence-electron chi connectivity index (χ4n) is 3.77. The van der Waals surface area contributed by atoms with Crippen LogP contribution >= 0.6 is 22.7 Å².